The molecule has 146 valence electrons. The molecule has 0 unspecified atom stereocenters. The van der Waals surface area contributed by atoms with E-state index in [9.17, 15) is 10.1 Å². The molecule has 2 rings (SSSR count). The van der Waals surface area contributed by atoms with Crippen LogP contribution in [0.4, 0.5) is 5.69 Å². The molecule has 0 spiro atoms. The molecule has 28 heavy (non-hydrogen) atoms. The number of hydrogen-bond donors (Lipinski definition) is 1. The molecule has 1 N–H and O–H groups in total. The maximum Gasteiger partial charge on any atom is 0.266 e. The smallest absolute Gasteiger partial charge is 0.266 e. The second kappa shape index (κ2) is 11.4. The minimum absolute atomic E-state index is 0.0342. The number of amides is 1. The third-order valence-corrected chi connectivity index (χ3v) is 4.76. The van der Waals surface area contributed by atoms with Crippen molar-refractivity contribution < 1.29 is 9.53 Å². The summed E-state index contributed by atoms with van der Waals surface area (Å²) in [5.74, 6) is 0.118. The number of halogens is 2. The summed E-state index contributed by atoms with van der Waals surface area (Å²) >= 11 is 11.8. The fourth-order valence-corrected chi connectivity index (χ4v) is 2.82. The summed E-state index contributed by atoms with van der Waals surface area (Å²) in [6.07, 6.45) is 5.95. The maximum atomic E-state index is 12.5. The Morgan fingerprint density at radius 3 is 2.64 bits per heavy atom. The van der Waals surface area contributed by atoms with Crippen molar-refractivity contribution in [1.29, 1.82) is 5.26 Å². The zero-order valence-corrected chi connectivity index (χ0v) is 17.2. The number of nitrogens with zero attached hydrogens (tertiary/aromatic N) is 1. The number of unbranched alkanes of at least 4 members (excludes halogenated alkanes) is 3. The van der Waals surface area contributed by atoms with Gasteiger partial charge in [-0.15, -0.1) is 0 Å². The van der Waals surface area contributed by atoms with Crippen molar-refractivity contribution in [2.45, 2.75) is 32.6 Å². The zero-order chi connectivity index (χ0) is 20.4. The molecule has 2 aromatic carbocycles. The van der Waals surface area contributed by atoms with Crippen LogP contribution in [-0.2, 0) is 4.79 Å². The normalized spacial score (nSPS) is 11.0. The van der Waals surface area contributed by atoms with E-state index in [4.69, 9.17) is 27.9 Å². The van der Waals surface area contributed by atoms with E-state index in [0.717, 1.165) is 12.8 Å². The lowest BCUT2D eigenvalue weighted by Crippen LogP contribution is -2.13. The van der Waals surface area contributed by atoms with Crippen LogP contribution in [-0.4, -0.2) is 12.5 Å². The minimum Gasteiger partial charge on any atom is -0.493 e. The van der Waals surface area contributed by atoms with Gasteiger partial charge in [0.05, 0.1) is 16.7 Å². The summed E-state index contributed by atoms with van der Waals surface area (Å²) < 4.78 is 5.84. The Hall–Kier alpha value is -2.48. The number of ether oxygens (including phenoxy) is 1. The van der Waals surface area contributed by atoms with Crippen molar-refractivity contribution in [3.05, 3.63) is 63.6 Å². The van der Waals surface area contributed by atoms with E-state index in [2.05, 4.69) is 12.2 Å². The Balaban J connectivity index is 2.11. The molecule has 6 heteroatoms. The number of benzene rings is 2. The van der Waals surface area contributed by atoms with Gasteiger partial charge in [0.2, 0.25) is 0 Å². The first-order chi connectivity index (χ1) is 13.5. The van der Waals surface area contributed by atoms with E-state index < -0.39 is 5.91 Å². The predicted molar refractivity (Wildman–Crippen MR) is 115 cm³/mol. The van der Waals surface area contributed by atoms with Crippen LogP contribution in [0.3, 0.4) is 0 Å². The summed E-state index contributed by atoms with van der Waals surface area (Å²) in [5, 5.41) is 12.8. The Bertz CT molecular complexity index is 888. The molecule has 0 aliphatic rings. The standard InChI is InChI=1S/C22H22Cl2N2O2/c1-2-3-4-7-12-28-21-9-6-5-8-16(21)13-17(15-25)22(27)26-18-10-11-19(23)20(24)14-18/h5-6,8-11,13-14H,2-4,7,12H2,1H3,(H,26,27)/b17-13+. The van der Waals surface area contributed by atoms with Gasteiger partial charge in [0.1, 0.15) is 17.4 Å². The van der Waals surface area contributed by atoms with Crippen molar-refractivity contribution in [2.75, 3.05) is 11.9 Å². The lowest BCUT2D eigenvalue weighted by Gasteiger charge is -2.10. The van der Waals surface area contributed by atoms with Crippen LogP contribution in [0, 0.1) is 11.3 Å². The van der Waals surface area contributed by atoms with Gasteiger partial charge in [-0.2, -0.15) is 5.26 Å². The van der Waals surface area contributed by atoms with Gasteiger partial charge >= 0.3 is 0 Å². The van der Waals surface area contributed by atoms with Crippen LogP contribution in [0.2, 0.25) is 10.0 Å². The molecule has 0 bridgehead atoms. The number of nitrogens with one attached hydrogen (secondary N) is 1. The van der Waals surface area contributed by atoms with E-state index in [0.29, 0.717) is 33.7 Å². The van der Waals surface area contributed by atoms with Gasteiger partial charge in [-0.3, -0.25) is 4.79 Å². The molecule has 0 radical (unpaired) electrons. The van der Waals surface area contributed by atoms with Crippen molar-refractivity contribution in [2.24, 2.45) is 0 Å². The fraction of sp³-hybridized carbons (Fsp3) is 0.273. The molecule has 0 heterocycles. The molecule has 0 saturated heterocycles. The summed E-state index contributed by atoms with van der Waals surface area (Å²) in [4.78, 5) is 12.5. The van der Waals surface area contributed by atoms with E-state index >= 15 is 0 Å². The van der Waals surface area contributed by atoms with Gasteiger partial charge in [-0.1, -0.05) is 67.6 Å². The van der Waals surface area contributed by atoms with Crippen LogP contribution in [0.25, 0.3) is 6.08 Å². The predicted octanol–water partition coefficient (Wildman–Crippen LogP) is 6.50. The third kappa shape index (κ3) is 6.60. The highest BCUT2D eigenvalue weighted by Crippen LogP contribution is 2.26. The van der Waals surface area contributed by atoms with Crippen LogP contribution in [0.5, 0.6) is 5.75 Å². The van der Waals surface area contributed by atoms with Crippen LogP contribution >= 0.6 is 23.2 Å². The molecule has 0 saturated carbocycles. The Labute approximate surface area is 175 Å². The maximum absolute atomic E-state index is 12.5. The first-order valence-electron chi connectivity index (χ1n) is 9.15. The molecule has 1 amide bonds. The molecule has 2 aromatic rings. The van der Waals surface area contributed by atoms with Gasteiger partial charge in [-0.05, 0) is 36.8 Å². The van der Waals surface area contributed by atoms with Gasteiger partial charge < -0.3 is 10.1 Å². The van der Waals surface area contributed by atoms with E-state index in [1.165, 1.54) is 25.0 Å². The van der Waals surface area contributed by atoms with Gasteiger partial charge in [0.25, 0.3) is 5.91 Å². The highest BCUT2D eigenvalue weighted by molar-refractivity contribution is 6.42. The van der Waals surface area contributed by atoms with Crippen molar-refractivity contribution >= 4 is 40.9 Å². The average molecular weight is 417 g/mol. The molecule has 0 fully saturated rings. The third-order valence-electron chi connectivity index (χ3n) is 4.02. The SMILES string of the molecule is CCCCCCOc1ccccc1/C=C(\C#N)C(=O)Nc1ccc(Cl)c(Cl)c1. The number of carbonyl (C=O) groups excluding carboxylic acids is 1. The van der Waals surface area contributed by atoms with Crippen molar-refractivity contribution in [3.63, 3.8) is 0 Å². The fourth-order valence-electron chi connectivity index (χ4n) is 2.52. The number of rotatable bonds is 9. The van der Waals surface area contributed by atoms with Gasteiger partial charge in [-0.25, -0.2) is 0 Å². The number of hydrogen-bond acceptors (Lipinski definition) is 3. The zero-order valence-electron chi connectivity index (χ0n) is 15.7. The second-order valence-electron chi connectivity index (χ2n) is 6.20. The number of nitriles is 1. The molecular weight excluding hydrogens is 395 g/mol. The second-order valence-corrected chi connectivity index (χ2v) is 7.01. The summed E-state index contributed by atoms with van der Waals surface area (Å²) in [6.45, 7) is 2.76. The van der Waals surface area contributed by atoms with E-state index in [-0.39, 0.29) is 5.57 Å². The van der Waals surface area contributed by atoms with Crippen molar-refractivity contribution in [3.8, 4) is 11.8 Å². The number of carbonyl (C=O) groups is 1. The number of anilines is 1. The first-order valence-corrected chi connectivity index (χ1v) is 9.90. The Morgan fingerprint density at radius 1 is 1.14 bits per heavy atom. The quantitative estimate of drug-likeness (QED) is 0.288. The highest BCUT2D eigenvalue weighted by Gasteiger charge is 2.12. The molecule has 0 aromatic heterocycles. The minimum atomic E-state index is -0.529. The van der Waals surface area contributed by atoms with Crippen molar-refractivity contribution in [1.82, 2.24) is 0 Å². The summed E-state index contributed by atoms with van der Waals surface area (Å²) in [6, 6.07) is 14.0. The number of para-hydroxylation sites is 1. The lowest BCUT2D eigenvalue weighted by molar-refractivity contribution is -0.112. The average Bonchev–Trinajstić information content (AvgIpc) is 2.69. The first kappa shape index (κ1) is 21.8. The summed E-state index contributed by atoms with van der Waals surface area (Å²) in [7, 11) is 0. The Morgan fingerprint density at radius 2 is 1.93 bits per heavy atom. The van der Waals surface area contributed by atoms with Crippen LogP contribution < -0.4 is 10.1 Å². The van der Waals surface area contributed by atoms with E-state index in [1.54, 1.807) is 12.1 Å². The topological polar surface area (TPSA) is 62.1 Å². The highest BCUT2D eigenvalue weighted by atomic mass is 35.5. The van der Waals surface area contributed by atoms with E-state index in [1.807, 2.05) is 30.3 Å². The Kier molecular flexibility index (Phi) is 8.87. The lowest BCUT2D eigenvalue weighted by atomic mass is 10.1. The van der Waals surface area contributed by atoms with Crippen LogP contribution in [0.15, 0.2) is 48.0 Å². The molecule has 0 aliphatic carbocycles. The van der Waals surface area contributed by atoms with Crippen LogP contribution in [0.1, 0.15) is 38.2 Å². The molecular formula is C22H22Cl2N2O2. The molecule has 0 atom stereocenters. The molecule has 0 aliphatic heterocycles. The van der Waals surface area contributed by atoms with Gasteiger partial charge in [0.15, 0.2) is 0 Å². The monoisotopic (exact) mass is 416 g/mol. The summed E-state index contributed by atoms with van der Waals surface area (Å²) in [5.41, 5.74) is 1.10. The molecule has 4 nitrogen and oxygen atoms in total. The van der Waals surface area contributed by atoms with Gasteiger partial charge in [0, 0.05) is 11.3 Å². The largest absolute Gasteiger partial charge is 0.493 e.